The van der Waals surface area contributed by atoms with Gasteiger partial charge in [-0.1, -0.05) is 0 Å². The smallest absolute Gasteiger partial charge is 0.266 e. The second-order valence-corrected chi connectivity index (χ2v) is 9.83. The summed E-state index contributed by atoms with van der Waals surface area (Å²) in [5.74, 6) is 0.945. The molecule has 7 nitrogen and oxygen atoms in total. The number of aromatic nitrogens is 2. The van der Waals surface area contributed by atoms with Crippen LogP contribution in [0.5, 0.6) is 0 Å². The Balaban J connectivity index is 1.24. The third kappa shape index (κ3) is 3.79. The van der Waals surface area contributed by atoms with Gasteiger partial charge in [-0.25, -0.2) is 4.98 Å². The fourth-order valence-electron chi connectivity index (χ4n) is 5.28. The van der Waals surface area contributed by atoms with Crippen LogP contribution in [0.3, 0.4) is 0 Å². The number of nitrogens with two attached hydrogens (primary N) is 1. The minimum atomic E-state index is -0.854. The van der Waals surface area contributed by atoms with Crippen molar-refractivity contribution < 1.29 is 9.53 Å². The highest BCUT2D eigenvalue weighted by atomic mass is 16.5. The molecule has 1 unspecified atom stereocenters. The highest BCUT2D eigenvalue weighted by molar-refractivity contribution is 5.86. The molecule has 2 N–H and O–H groups in total. The number of rotatable bonds is 3. The standard InChI is InChI=1S/C27H33N5O2/c1-18-15-21-16-27(4,34-25(21)20(3)19(2)24(18)28)26(33)31-13-11-30(12-14-31)22-5-7-23(8-6-22)32-10-9-29-17-32/h5-10,17H,11-16,28H2,1-4H3. The zero-order valence-corrected chi connectivity index (χ0v) is 20.5. The van der Waals surface area contributed by atoms with Gasteiger partial charge >= 0.3 is 0 Å². The van der Waals surface area contributed by atoms with Crippen molar-refractivity contribution in [3.05, 3.63) is 76.7 Å². The molecule has 2 aromatic rings. The van der Waals surface area contributed by atoms with Gasteiger partial charge in [0.15, 0.2) is 5.60 Å². The lowest BCUT2D eigenvalue weighted by molar-refractivity contribution is -0.149. The molecule has 7 heteroatoms. The van der Waals surface area contributed by atoms with Gasteiger partial charge < -0.3 is 24.8 Å². The maximum atomic E-state index is 13.6. The fourth-order valence-corrected chi connectivity index (χ4v) is 5.28. The van der Waals surface area contributed by atoms with Crippen LogP contribution in [0.2, 0.25) is 0 Å². The molecule has 1 aliphatic carbocycles. The van der Waals surface area contributed by atoms with E-state index in [0.717, 1.165) is 53.4 Å². The summed E-state index contributed by atoms with van der Waals surface area (Å²) < 4.78 is 8.40. The molecule has 1 atom stereocenters. The number of allylic oxidation sites excluding steroid dienone is 3. The quantitative estimate of drug-likeness (QED) is 0.753. The van der Waals surface area contributed by atoms with Crippen molar-refractivity contribution in [1.29, 1.82) is 0 Å². The molecule has 1 saturated heterocycles. The molecule has 1 aromatic carbocycles. The highest BCUT2D eigenvalue weighted by Gasteiger charge is 2.46. The maximum absolute atomic E-state index is 13.6. The number of amides is 1. The molecule has 0 saturated carbocycles. The number of imidazole rings is 1. The Morgan fingerprint density at radius 1 is 1.03 bits per heavy atom. The zero-order valence-electron chi connectivity index (χ0n) is 20.5. The van der Waals surface area contributed by atoms with Crippen molar-refractivity contribution in [2.45, 2.75) is 46.1 Å². The molecule has 3 aliphatic rings. The average molecular weight is 460 g/mol. The molecule has 3 heterocycles. The van der Waals surface area contributed by atoms with Gasteiger partial charge in [0.2, 0.25) is 0 Å². The summed E-state index contributed by atoms with van der Waals surface area (Å²) in [5, 5.41) is 0. The van der Waals surface area contributed by atoms with Gasteiger partial charge in [-0.15, -0.1) is 0 Å². The zero-order chi connectivity index (χ0) is 24.0. The summed E-state index contributed by atoms with van der Waals surface area (Å²) in [7, 11) is 0. The van der Waals surface area contributed by atoms with Crippen molar-refractivity contribution in [3.8, 4) is 5.69 Å². The number of piperazine rings is 1. The van der Waals surface area contributed by atoms with Gasteiger partial charge in [-0.05, 0) is 80.7 Å². The lowest BCUT2D eigenvalue weighted by atomic mass is 9.93. The summed E-state index contributed by atoms with van der Waals surface area (Å²) in [6.45, 7) is 11.1. The number of carbonyl (C=O) groups excluding carboxylic acids is 1. The summed E-state index contributed by atoms with van der Waals surface area (Å²) in [6.07, 6.45) is 6.89. The van der Waals surface area contributed by atoms with Crippen LogP contribution in [0.1, 0.15) is 40.5 Å². The van der Waals surface area contributed by atoms with Crippen molar-refractivity contribution in [2.24, 2.45) is 5.73 Å². The Bertz CT molecular complexity index is 1200. The number of ether oxygens (including phenoxy) is 1. The van der Waals surface area contributed by atoms with Crippen molar-refractivity contribution >= 4 is 11.6 Å². The molecule has 5 rings (SSSR count). The van der Waals surface area contributed by atoms with Crippen LogP contribution in [0.25, 0.3) is 5.69 Å². The van der Waals surface area contributed by atoms with E-state index in [1.165, 1.54) is 11.3 Å². The molecule has 1 aromatic heterocycles. The third-order valence-electron chi connectivity index (χ3n) is 7.48. The molecule has 0 radical (unpaired) electrons. The minimum absolute atomic E-state index is 0.0794. The molecule has 0 spiro atoms. The summed E-state index contributed by atoms with van der Waals surface area (Å²) in [6, 6.07) is 8.46. The number of hydrogen-bond acceptors (Lipinski definition) is 5. The van der Waals surface area contributed by atoms with E-state index in [4.69, 9.17) is 10.5 Å². The molecule has 1 amide bonds. The normalized spacial score (nSPS) is 23.3. The molecule has 2 aliphatic heterocycles. The van der Waals surface area contributed by atoms with Crippen LogP contribution in [0.4, 0.5) is 5.69 Å². The van der Waals surface area contributed by atoms with Crippen LogP contribution in [-0.2, 0) is 9.53 Å². The molecular weight excluding hydrogens is 426 g/mol. The van der Waals surface area contributed by atoms with Crippen LogP contribution in [0.15, 0.2) is 76.7 Å². The van der Waals surface area contributed by atoms with E-state index in [0.29, 0.717) is 19.5 Å². The largest absolute Gasteiger partial charge is 0.477 e. The van der Waals surface area contributed by atoms with Crippen molar-refractivity contribution in [3.63, 3.8) is 0 Å². The van der Waals surface area contributed by atoms with E-state index < -0.39 is 5.60 Å². The lowest BCUT2D eigenvalue weighted by Crippen LogP contribution is -2.55. The predicted octanol–water partition coefficient (Wildman–Crippen LogP) is 3.93. The summed E-state index contributed by atoms with van der Waals surface area (Å²) >= 11 is 0. The van der Waals surface area contributed by atoms with E-state index in [2.05, 4.69) is 41.1 Å². The molecule has 34 heavy (non-hydrogen) atoms. The third-order valence-corrected chi connectivity index (χ3v) is 7.48. The maximum Gasteiger partial charge on any atom is 0.266 e. The Labute approximate surface area is 201 Å². The van der Waals surface area contributed by atoms with E-state index in [9.17, 15) is 4.79 Å². The van der Waals surface area contributed by atoms with E-state index in [-0.39, 0.29) is 5.91 Å². The van der Waals surface area contributed by atoms with Crippen LogP contribution in [-0.4, -0.2) is 52.1 Å². The van der Waals surface area contributed by atoms with E-state index in [1.54, 1.807) is 12.5 Å². The second kappa shape index (κ2) is 8.38. The van der Waals surface area contributed by atoms with Crippen LogP contribution >= 0.6 is 0 Å². The highest BCUT2D eigenvalue weighted by Crippen LogP contribution is 2.44. The first-order valence-electron chi connectivity index (χ1n) is 11.9. The number of anilines is 1. The monoisotopic (exact) mass is 459 g/mol. The van der Waals surface area contributed by atoms with Crippen molar-refractivity contribution in [1.82, 2.24) is 14.5 Å². The van der Waals surface area contributed by atoms with Crippen LogP contribution in [0, 0.1) is 0 Å². The Morgan fingerprint density at radius 2 is 1.71 bits per heavy atom. The first-order chi connectivity index (χ1) is 16.3. The first-order valence-corrected chi connectivity index (χ1v) is 11.9. The molecule has 178 valence electrons. The number of carbonyl (C=O) groups is 1. The number of hydrogen-bond donors (Lipinski definition) is 1. The fraction of sp³-hybridized carbons (Fsp3) is 0.407. The molecule has 0 bridgehead atoms. The number of benzene rings is 1. The SMILES string of the molecule is CC1=C(N)C(C)=C(C)C2=C(C1)CC(C)(C(=O)N1CCN(c3ccc(-n4ccnc4)cc3)CC1)O2. The van der Waals surface area contributed by atoms with Crippen LogP contribution < -0.4 is 10.6 Å². The number of nitrogens with zero attached hydrogens (tertiary/aromatic N) is 4. The summed E-state index contributed by atoms with van der Waals surface area (Å²) in [4.78, 5) is 22.0. The predicted molar refractivity (Wildman–Crippen MR) is 133 cm³/mol. The van der Waals surface area contributed by atoms with E-state index >= 15 is 0 Å². The lowest BCUT2D eigenvalue weighted by Gasteiger charge is -2.39. The second-order valence-electron chi connectivity index (χ2n) is 9.83. The van der Waals surface area contributed by atoms with E-state index in [1.807, 2.05) is 36.4 Å². The van der Waals surface area contributed by atoms with Gasteiger partial charge in [-0.2, -0.15) is 0 Å². The van der Waals surface area contributed by atoms with Gasteiger partial charge in [0, 0.05) is 62.1 Å². The topological polar surface area (TPSA) is 76.6 Å². The first kappa shape index (κ1) is 22.3. The van der Waals surface area contributed by atoms with Gasteiger partial charge in [0.1, 0.15) is 5.76 Å². The molecular formula is C27H33N5O2. The summed E-state index contributed by atoms with van der Waals surface area (Å²) in [5.41, 5.74) is 13.0. The Hall–Kier alpha value is -3.48. The van der Waals surface area contributed by atoms with Gasteiger partial charge in [-0.3, -0.25) is 4.79 Å². The average Bonchev–Trinajstić information content (AvgIpc) is 3.50. The van der Waals surface area contributed by atoms with Gasteiger partial charge in [0.05, 0.1) is 6.33 Å². The Kier molecular flexibility index (Phi) is 5.50. The minimum Gasteiger partial charge on any atom is -0.477 e. The Morgan fingerprint density at radius 3 is 2.35 bits per heavy atom. The molecule has 1 fully saturated rings. The van der Waals surface area contributed by atoms with Crippen molar-refractivity contribution in [2.75, 3.05) is 31.1 Å². The van der Waals surface area contributed by atoms with Gasteiger partial charge in [0.25, 0.3) is 5.91 Å².